The van der Waals surface area contributed by atoms with Gasteiger partial charge in [-0.3, -0.25) is 4.74 Å². The molecule has 0 saturated heterocycles. The van der Waals surface area contributed by atoms with Gasteiger partial charge in [-0.05, 0) is 0 Å². The van der Waals surface area contributed by atoms with Gasteiger partial charge in [0.15, 0.2) is 6.61 Å². The molecule has 0 aliphatic heterocycles. The summed E-state index contributed by atoms with van der Waals surface area (Å²) in [5, 5.41) is 23.3. The van der Waals surface area contributed by atoms with E-state index in [0.29, 0.717) is 0 Å². The molecule has 0 spiro atoms. The first-order chi connectivity index (χ1) is 4.21. The third-order valence-corrected chi connectivity index (χ3v) is 0.429. The van der Waals surface area contributed by atoms with Crippen molar-refractivity contribution in [3.8, 4) is 0 Å². The number of ether oxygens (including phenoxy) is 1. The molecule has 7 heteroatoms. The lowest BCUT2D eigenvalue weighted by Gasteiger charge is -2.14. The zero-order valence-corrected chi connectivity index (χ0v) is 4.59. The maximum Gasteiger partial charge on any atom is 0.412 e. The van der Waals surface area contributed by atoms with Gasteiger partial charge in [0.25, 0.3) is 0 Å². The molecule has 0 aliphatic carbocycles. The lowest BCUT2D eigenvalue weighted by Crippen LogP contribution is -2.35. The van der Waals surface area contributed by atoms with Crippen LogP contribution in [0.1, 0.15) is 0 Å². The first-order valence-corrected chi connectivity index (χ1v) is 2.08. The van der Waals surface area contributed by atoms with Gasteiger partial charge in [-0.25, -0.2) is 0 Å². The van der Waals surface area contributed by atoms with Crippen LogP contribution in [0, 0.1) is 0 Å². The minimum Gasteiger partial charge on any atom is -0.319 e. The molecule has 3 N–H and O–H groups in total. The van der Waals surface area contributed by atoms with Gasteiger partial charge < -0.3 is 15.3 Å². The molecule has 0 atom stereocenters. The Morgan fingerprint density at radius 2 is 1.50 bits per heavy atom. The zero-order chi connectivity index (χ0) is 8.41. The SMILES string of the molecule is OC(O)(O)OCC(F)(F)F. The van der Waals surface area contributed by atoms with Crippen LogP contribution >= 0.6 is 0 Å². The van der Waals surface area contributed by atoms with E-state index in [2.05, 4.69) is 4.74 Å². The quantitative estimate of drug-likeness (QED) is 0.463. The summed E-state index contributed by atoms with van der Waals surface area (Å²) in [6.45, 7) is -1.92. The molecule has 0 bridgehead atoms. The molecule has 0 aromatic rings. The van der Waals surface area contributed by atoms with E-state index < -0.39 is 18.9 Å². The number of hydrogen-bond acceptors (Lipinski definition) is 4. The lowest BCUT2D eigenvalue weighted by molar-refractivity contribution is -0.466. The second kappa shape index (κ2) is 2.70. The summed E-state index contributed by atoms with van der Waals surface area (Å²) >= 11 is 0. The summed E-state index contributed by atoms with van der Waals surface area (Å²) in [6, 6.07) is 0. The molecule has 4 nitrogen and oxygen atoms in total. The summed E-state index contributed by atoms with van der Waals surface area (Å²) in [4.78, 5) is 0. The van der Waals surface area contributed by atoms with E-state index in [4.69, 9.17) is 15.3 Å². The van der Waals surface area contributed by atoms with E-state index in [1.165, 1.54) is 0 Å². The van der Waals surface area contributed by atoms with E-state index in [-0.39, 0.29) is 0 Å². The highest BCUT2D eigenvalue weighted by Crippen LogP contribution is 2.16. The van der Waals surface area contributed by atoms with Crippen molar-refractivity contribution in [1.82, 2.24) is 0 Å². The predicted molar refractivity (Wildman–Crippen MR) is 21.4 cm³/mol. The lowest BCUT2D eigenvalue weighted by atomic mass is 10.7. The maximum absolute atomic E-state index is 11.1. The average molecular weight is 162 g/mol. The van der Waals surface area contributed by atoms with Crippen molar-refractivity contribution in [2.24, 2.45) is 0 Å². The Kier molecular flexibility index (Phi) is 2.60. The van der Waals surface area contributed by atoms with Crippen LogP contribution in [0.15, 0.2) is 0 Å². The topological polar surface area (TPSA) is 69.9 Å². The van der Waals surface area contributed by atoms with Gasteiger partial charge in [-0.1, -0.05) is 0 Å². The van der Waals surface area contributed by atoms with Gasteiger partial charge in [0, 0.05) is 0 Å². The Labute approximate surface area is 53.5 Å². The van der Waals surface area contributed by atoms with Gasteiger partial charge in [0.1, 0.15) is 0 Å². The summed E-state index contributed by atoms with van der Waals surface area (Å²) in [5.74, 6) is 0. The normalized spacial score (nSPS) is 13.8. The Hall–Kier alpha value is -0.370. The number of halogens is 3. The molecule has 0 radical (unpaired) electrons. The van der Waals surface area contributed by atoms with E-state index in [9.17, 15) is 13.2 Å². The summed E-state index contributed by atoms with van der Waals surface area (Å²) in [7, 11) is 0. The standard InChI is InChI=1S/C3H5F3O4/c4-2(5,6)1-10-3(7,8)9/h7-9H,1H2. The highest BCUT2D eigenvalue weighted by molar-refractivity contribution is 4.44. The number of aliphatic hydroxyl groups is 3. The molecule has 0 fully saturated rings. The Morgan fingerprint density at radius 1 is 1.10 bits per heavy atom. The second-order valence-electron chi connectivity index (χ2n) is 1.48. The van der Waals surface area contributed by atoms with Crippen molar-refractivity contribution >= 4 is 0 Å². The van der Waals surface area contributed by atoms with Gasteiger partial charge in [0.2, 0.25) is 0 Å². The van der Waals surface area contributed by atoms with Crippen molar-refractivity contribution in [3.63, 3.8) is 0 Å². The number of alkyl halides is 3. The van der Waals surface area contributed by atoms with Crippen LogP contribution in [-0.2, 0) is 4.74 Å². The predicted octanol–water partition coefficient (Wildman–Crippen LogP) is -0.847. The molecule has 0 saturated carbocycles. The number of hydrogen-bond donors (Lipinski definition) is 3. The fraction of sp³-hybridized carbons (Fsp3) is 1.00. The minimum absolute atomic E-state index is 1.92. The molecule has 62 valence electrons. The van der Waals surface area contributed by atoms with Crippen LogP contribution in [-0.4, -0.2) is 34.3 Å². The maximum atomic E-state index is 11.1. The van der Waals surface area contributed by atoms with Crippen LogP contribution in [0.2, 0.25) is 0 Å². The van der Waals surface area contributed by atoms with Crippen LogP contribution in [0.25, 0.3) is 0 Å². The van der Waals surface area contributed by atoms with E-state index in [0.717, 1.165) is 0 Å². The number of rotatable bonds is 2. The highest BCUT2D eigenvalue weighted by Gasteiger charge is 2.33. The van der Waals surface area contributed by atoms with Crippen LogP contribution in [0.3, 0.4) is 0 Å². The smallest absolute Gasteiger partial charge is 0.319 e. The molecule has 0 aromatic carbocycles. The molecule has 0 aliphatic rings. The first-order valence-electron chi connectivity index (χ1n) is 2.08. The Bertz CT molecular complexity index is 89.3. The zero-order valence-electron chi connectivity index (χ0n) is 4.59. The summed E-state index contributed by atoms with van der Waals surface area (Å²) in [5.41, 5.74) is 0. The third kappa shape index (κ3) is 7.63. The molecule has 0 heterocycles. The van der Waals surface area contributed by atoms with Crippen LogP contribution in [0.4, 0.5) is 13.2 Å². The molecule has 0 aromatic heterocycles. The van der Waals surface area contributed by atoms with Crippen LogP contribution in [0.5, 0.6) is 0 Å². The fourth-order valence-electron chi connectivity index (χ4n) is 0.179. The van der Waals surface area contributed by atoms with Crippen molar-refractivity contribution in [1.29, 1.82) is 0 Å². The first kappa shape index (κ1) is 9.63. The molecule has 0 amide bonds. The molecule has 10 heavy (non-hydrogen) atoms. The molecular formula is C3H5F3O4. The van der Waals surface area contributed by atoms with Gasteiger partial charge in [0.05, 0.1) is 0 Å². The Morgan fingerprint density at radius 3 is 1.60 bits per heavy atom. The second-order valence-corrected chi connectivity index (χ2v) is 1.48. The Balaban J connectivity index is 3.56. The monoisotopic (exact) mass is 162 g/mol. The average Bonchev–Trinajstić information content (AvgIpc) is 1.57. The van der Waals surface area contributed by atoms with Gasteiger partial charge in [-0.2, -0.15) is 13.2 Å². The van der Waals surface area contributed by atoms with Crippen molar-refractivity contribution < 1.29 is 33.2 Å². The van der Waals surface area contributed by atoms with Crippen molar-refractivity contribution in [2.45, 2.75) is 12.3 Å². The van der Waals surface area contributed by atoms with Gasteiger partial charge >= 0.3 is 12.3 Å². The van der Waals surface area contributed by atoms with Gasteiger partial charge in [-0.15, -0.1) is 0 Å². The van der Waals surface area contributed by atoms with E-state index >= 15 is 0 Å². The van der Waals surface area contributed by atoms with E-state index in [1.54, 1.807) is 0 Å². The van der Waals surface area contributed by atoms with E-state index in [1.807, 2.05) is 0 Å². The summed E-state index contributed by atoms with van der Waals surface area (Å²) < 4.78 is 36.5. The largest absolute Gasteiger partial charge is 0.412 e. The molecule has 0 rings (SSSR count). The molecular weight excluding hydrogens is 157 g/mol. The fourth-order valence-corrected chi connectivity index (χ4v) is 0.179. The molecule has 0 unspecified atom stereocenters. The summed E-state index contributed by atoms with van der Waals surface area (Å²) in [6.07, 6.45) is -8.41. The highest BCUT2D eigenvalue weighted by atomic mass is 19.4. The minimum atomic E-state index is -4.70. The van der Waals surface area contributed by atoms with Crippen LogP contribution < -0.4 is 0 Å². The van der Waals surface area contributed by atoms with Crippen molar-refractivity contribution in [2.75, 3.05) is 6.61 Å². The third-order valence-electron chi connectivity index (χ3n) is 0.429. The van der Waals surface area contributed by atoms with Crippen molar-refractivity contribution in [3.05, 3.63) is 0 Å².